The van der Waals surface area contributed by atoms with Gasteiger partial charge in [-0.1, -0.05) is 6.92 Å². The third-order valence-corrected chi connectivity index (χ3v) is 5.19. The van der Waals surface area contributed by atoms with Crippen LogP contribution in [-0.4, -0.2) is 18.6 Å². The molecule has 1 aromatic rings. The molecule has 0 aliphatic rings. The van der Waals surface area contributed by atoms with Crippen molar-refractivity contribution < 1.29 is 0 Å². The molecule has 15 heavy (non-hydrogen) atoms. The molecule has 0 bridgehead atoms. The van der Waals surface area contributed by atoms with Crippen LogP contribution in [0, 0.1) is 12.8 Å². The van der Waals surface area contributed by atoms with E-state index in [1.165, 1.54) is 20.0 Å². The molecule has 0 aromatic carbocycles. The number of rotatable bonds is 6. The molecule has 1 heterocycles. The molecule has 1 atom stereocenters. The van der Waals surface area contributed by atoms with Crippen LogP contribution in [0.15, 0.2) is 9.85 Å². The van der Waals surface area contributed by atoms with Gasteiger partial charge in [0.1, 0.15) is 0 Å². The van der Waals surface area contributed by atoms with E-state index in [2.05, 4.69) is 47.4 Å². The minimum absolute atomic E-state index is 0.754. The molecule has 0 spiro atoms. The Bertz CT molecular complexity index is 279. The maximum atomic E-state index is 3.55. The average molecular weight is 308 g/mol. The predicted molar refractivity (Wildman–Crippen MR) is 76.0 cm³/mol. The van der Waals surface area contributed by atoms with Crippen molar-refractivity contribution in [3.63, 3.8) is 0 Å². The van der Waals surface area contributed by atoms with Gasteiger partial charge in [-0.3, -0.25) is 0 Å². The number of thiophene rings is 1. The van der Waals surface area contributed by atoms with Crippen molar-refractivity contribution >= 4 is 39.0 Å². The lowest BCUT2D eigenvalue weighted by molar-refractivity contribution is 0.562. The Morgan fingerprint density at radius 1 is 1.60 bits per heavy atom. The zero-order valence-electron chi connectivity index (χ0n) is 9.47. The first-order valence-electron chi connectivity index (χ1n) is 5.08. The molecule has 0 aliphatic heterocycles. The summed E-state index contributed by atoms with van der Waals surface area (Å²) in [6.07, 6.45) is 2.16. The lowest BCUT2D eigenvalue weighted by Crippen LogP contribution is -2.21. The number of hydrogen-bond acceptors (Lipinski definition) is 3. The molecule has 0 amide bonds. The Morgan fingerprint density at radius 3 is 2.87 bits per heavy atom. The van der Waals surface area contributed by atoms with E-state index in [0.717, 1.165) is 19.0 Å². The van der Waals surface area contributed by atoms with Crippen LogP contribution in [0.4, 0.5) is 0 Å². The summed E-state index contributed by atoms with van der Waals surface area (Å²) in [5.74, 6) is 1.99. The van der Waals surface area contributed by atoms with Crippen molar-refractivity contribution in [3.8, 4) is 0 Å². The molecule has 0 fully saturated rings. The molecular weight excluding hydrogens is 290 g/mol. The van der Waals surface area contributed by atoms with Gasteiger partial charge in [-0.05, 0) is 59.0 Å². The van der Waals surface area contributed by atoms with Crippen LogP contribution in [0.1, 0.15) is 17.4 Å². The SMILES string of the molecule is CSCC(C)CNCc1cc(C)c(Br)s1. The number of aryl methyl sites for hydroxylation is 1. The fraction of sp³-hybridized carbons (Fsp3) is 0.636. The Balaban J connectivity index is 2.25. The van der Waals surface area contributed by atoms with Crippen LogP contribution >= 0.6 is 39.0 Å². The lowest BCUT2D eigenvalue weighted by Gasteiger charge is -2.09. The van der Waals surface area contributed by atoms with Crippen LogP contribution in [0.5, 0.6) is 0 Å². The summed E-state index contributed by atoms with van der Waals surface area (Å²) in [5.41, 5.74) is 1.34. The van der Waals surface area contributed by atoms with E-state index >= 15 is 0 Å². The van der Waals surface area contributed by atoms with E-state index in [9.17, 15) is 0 Å². The maximum Gasteiger partial charge on any atom is 0.0730 e. The van der Waals surface area contributed by atoms with Crippen molar-refractivity contribution in [2.24, 2.45) is 5.92 Å². The van der Waals surface area contributed by atoms with Crippen LogP contribution in [0.2, 0.25) is 0 Å². The first kappa shape index (κ1) is 13.6. The fourth-order valence-corrected chi connectivity index (χ4v) is 3.68. The third kappa shape index (κ3) is 4.89. The van der Waals surface area contributed by atoms with Gasteiger partial charge in [0.2, 0.25) is 0 Å². The topological polar surface area (TPSA) is 12.0 Å². The fourth-order valence-electron chi connectivity index (χ4n) is 1.40. The van der Waals surface area contributed by atoms with Gasteiger partial charge in [0.15, 0.2) is 0 Å². The van der Waals surface area contributed by atoms with Crippen molar-refractivity contribution in [2.45, 2.75) is 20.4 Å². The molecule has 1 rings (SSSR count). The monoisotopic (exact) mass is 307 g/mol. The summed E-state index contributed by atoms with van der Waals surface area (Å²) in [4.78, 5) is 1.41. The Morgan fingerprint density at radius 2 is 2.33 bits per heavy atom. The van der Waals surface area contributed by atoms with Gasteiger partial charge in [-0.2, -0.15) is 11.8 Å². The van der Waals surface area contributed by atoms with Gasteiger partial charge in [-0.15, -0.1) is 11.3 Å². The molecule has 1 unspecified atom stereocenters. The van der Waals surface area contributed by atoms with Crippen molar-refractivity contribution in [3.05, 3.63) is 20.3 Å². The smallest absolute Gasteiger partial charge is 0.0730 e. The van der Waals surface area contributed by atoms with Gasteiger partial charge in [-0.25, -0.2) is 0 Å². The molecule has 0 aliphatic carbocycles. The molecule has 0 saturated carbocycles. The highest BCUT2D eigenvalue weighted by atomic mass is 79.9. The van der Waals surface area contributed by atoms with E-state index in [-0.39, 0.29) is 0 Å². The zero-order valence-corrected chi connectivity index (χ0v) is 12.7. The van der Waals surface area contributed by atoms with Crippen molar-refractivity contribution in [1.82, 2.24) is 5.32 Å². The van der Waals surface area contributed by atoms with Crippen LogP contribution in [0.3, 0.4) is 0 Å². The Kier molecular flexibility index (Phi) is 6.27. The average Bonchev–Trinajstić information content (AvgIpc) is 2.46. The minimum atomic E-state index is 0.754. The van der Waals surface area contributed by atoms with E-state index in [1.54, 1.807) is 0 Å². The summed E-state index contributed by atoms with van der Waals surface area (Å²) in [7, 11) is 0. The van der Waals surface area contributed by atoms with Crippen LogP contribution < -0.4 is 5.32 Å². The van der Waals surface area contributed by atoms with E-state index in [0.29, 0.717) is 0 Å². The van der Waals surface area contributed by atoms with E-state index < -0.39 is 0 Å². The number of hydrogen-bond donors (Lipinski definition) is 1. The summed E-state index contributed by atoms with van der Waals surface area (Å²) < 4.78 is 1.26. The maximum absolute atomic E-state index is 3.55. The molecule has 4 heteroatoms. The minimum Gasteiger partial charge on any atom is -0.312 e. The standard InChI is InChI=1S/C11H18BrNS2/c1-8(7-14-3)5-13-6-10-4-9(2)11(12)15-10/h4,8,13H,5-7H2,1-3H3. The van der Waals surface area contributed by atoms with Gasteiger partial charge < -0.3 is 5.32 Å². The largest absolute Gasteiger partial charge is 0.312 e. The highest BCUT2D eigenvalue weighted by Gasteiger charge is 2.04. The molecule has 86 valence electrons. The van der Waals surface area contributed by atoms with Gasteiger partial charge >= 0.3 is 0 Å². The number of thioether (sulfide) groups is 1. The predicted octanol–water partition coefficient (Wildman–Crippen LogP) is 3.91. The Labute approximate surface area is 109 Å². The molecule has 0 saturated heterocycles. The second-order valence-corrected chi connectivity index (χ2v) is 7.23. The Hall–Kier alpha value is 0.490. The van der Waals surface area contributed by atoms with Crippen LogP contribution in [-0.2, 0) is 6.54 Å². The van der Waals surface area contributed by atoms with Crippen molar-refractivity contribution in [2.75, 3.05) is 18.6 Å². The highest BCUT2D eigenvalue weighted by molar-refractivity contribution is 9.11. The second kappa shape index (κ2) is 6.94. The lowest BCUT2D eigenvalue weighted by atomic mass is 10.2. The molecule has 0 radical (unpaired) electrons. The second-order valence-electron chi connectivity index (χ2n) is 3.86. The number of nitrogens with one attached hydrogen (secondary N) is 1. The summed E-state index contributed by atoms with van der Waals surface area (Å²) in [5, 5.41) is 3.50. The normalized spacial score (nSPS) is 13.1. The number of halogens is 1. The quantitative estimate of drug-likeness (QED) is 0.855. The van der Waals surface area contributed by atoms with Gasteiger partial charge in [0, 0.05) is 11.4 Å². The molecule has 1 nitrogen and oxygen atoms in total. The van der Waals surface area contributed by atoms with Crippen LogP contribution in [0.25, 0.3) is 0 Å². The van der Waals surface area contributed by atoms with E-state index in [1.807, 2.05) is 23.1 Å². The third-order valence-electron chi connectivity index (χ3n) is 2.15. The first-order valence-corrected chi connectivity index (χ1v) is 8.08. The van der Waals surface area contributed by atoms with Gasteiger partial charge in [0.05, 0.1) is 3.79 Å². The van der Waals surface area contributed by atoms with Gasteiger partial charge in [0.25, 0.3) is 0 Å². The van der Waals surface area contributed by atoms with E-state index in [4.69, 9.17) is 0 Å². The molecule has 1 aromatic heterocycles. The van der Waals surface area contributed by atoms with Crippen molar-refractivity contribution in [1.29, 1.82) is 0 Å². The zero-order chi connectivity index (χ0) is 11.3. The summed E-state index contributed by atoms with van der Waals surface area (Å²) >= 11 is 7.30. The molecule has 1 N–H and O–H groups in total. The molecular formula is C11H18BrNS2. The summed E-state index contributed by atoms with van der Waals surface area (Å²) in [6, 6.07) is 2.25. The first-order chi connectivity index (χ1) is 7.13. The highest BCUT2D eigenvalue weighted by Crippen LogP contribution is 2.27. The summed E-state index contributed by atoms with van der Waals surface area (Å²) in [6.45, 7) is 6.53.